The zero-order valence-electron chi connectivity index (χ0n) is 27.7. The summed E-state index contributed by atoms with van der Waals surface area (Å²) in [4.78, 5) is 0. The van der Waals surface area contributed by atoms with Gasteiger partial charge in [0.2, 0.25) is 0 Å². The Morgan fingerprint density at radius 3 is 0.939 bits per heavy atom. The van der Waals surface area contributed by atoms with Gasteiger partial charge in [-0.1, -0.05) is 135 Å². The van der Waals surface area contributed by atoms with Crippen LogP contribution < -0.4 is 0 Å². The molecule has 0 nitrogen and oxygen atoms in total. The van der Waals surface area contributed by atoms with Crippen LogP contribution in [0.15, 0.2) is 170 Å². The van der Waals surface area contributed by atoms with Gasteiger partial charge in [-0.05, 0) is 147 Å². The van der Waals surface area contributed by atoms with Crippen LogP contribution in [0, 0.1) is 0 Å². The van der Waals surface area contributed by atoms with E-state index in [4.69, 9.17) is 0 Å². The van der Waals surface area contributed by atoms with Gasteiger partial charge in [0.15, 0.2) is 0 Å². The van der Waals surface area contributed by atoms with E-state index in [1.807, 2.05) is 0 Å². The van der Waals surface area contributed by atoms with E-state index in [1.54, 1.807) is 0 Å². The van der Waals surface area contributed by atoms with Crippen LogP contribution in [0.3, 0.4) is 0 Å². The van der Waals surface area contributed by atoms with Crippen molar-refractivity contribution in [3.63, 3.8) is 0 Å². The van der Waals surface area contributed by atoms with Gasteiger partial charge in [0.25, 0.3) is 0 Å². The Labute approximate surface area is 286 Å². The molecule has 0 amide bonds. The number of hydrogen-bond donors (Lipinski definition) is 0. The largest absolute Gasteiger partial charge is 0.0622 e. The second kappa shape index (κ2) is 10.5. The predicted molar refractivity (Wildman–Crippen MR) is 210 cm³/mol. The maximum Gasteiger partial charge on any atom is 0.0159 e. The number of rotatable bonds is 4. The van der Waals surface area contributed by atoms with Gasteiger partial charge in [-0.3, -0.25) is 0 Å². The number of hydrogen-bond acceptors (Lipinski definition) is 0. The first-order chi connectivity index (χ1) is 24.0. The lowest BCUT2D eigenvalue weighted by atomic mass is 9.80. The van der Waals surface area contributed by atoms with Crippen molar-refractivity contribution in [2.24, 2.45) is 0 Å². The lowest BCUT2D eigenvalue weighted by Gasteiger charge is -2.23. The van der Waals surface area contributed by atoms with E-state index in [1.165, 1.54) is 98.7 Å². The molecule has 10 rings (SSSR count). The molecule has 0 atom stereocenters. The highest BCUT2D eigenvalue weighted by Crippen LogP contribution is 2.51. The smallest absolute Gasteiger partial charge is 0.0159 e. The molecule has 0 bridgehead atoms. The van der Waals surface area contributed by atoms with E-state index in [-0.39, 0.29) is 5.41 Å². The number of fused-ring (bicyclic) bond motifs is 2. The Morgan fingerprint density at radius 2 is 0.571 bits per heavy atom. The van der Waals surface area contributed by atoms with E-state index >= 15 is 0 Å². The van der Waals surface area contributed by atoms with Crippen LogP contribution in [0.5, 0.6) is 0 Å². The molecular weight excluding hydrogens is 589 g/mol. The van der Waals surface area contributed by atoms with Gasteiger partial charge >= 0.3 is 0 Å². The zero-order chi connectivity index (χ0) is 32.7. The number of benzene rings is 9. The summed E-state index contributed by atoms with van der Waals surface area (Å²) in [5.74, 6) is 0. The molecule has 0 aliphatic heterocycles. The average Bonchev–Trinajstić information content (AvgIpc) is 3.39. The molecular formula is C49H34. The summed E-state index contributed by atoms with van der Waals surface area (Å²) >= 11 is 0. The van der Waals surface area contributed by atoms with E-state index in [9.17, 15) is 0 Å². The van der Waals surface area contributed by atoms with Crippen LogP contribution in [0.4, 0.5) is 0 Å². The first-order valence-electron chi connectivity index (χ1n) is 17.2. The molecule has 0 heteroatoms. The van der Waals surface area contributed by atoms with Gasteiger partial charge in [-0.2, -0.15) is 0 Å². The molecule has 0 heterocycles. The minimum Gasteiger partial charge on any atom is -0.0622 e. The summed E-state index contributed by atoms with van der Waals surface area (Å²) in [6.45, 7) is 4.81. The van der Waals surface area contributed by atoms with Crippen molar-refractivity contribution < 1.29 is 0 Å². The monoisotopic (exact) mass is 622 g/mol. The molecule has 0 unspecified atom stereocenters. The zero-order valence-corrected chi connectivity index (χ0v) is 27.7. The molecule has 0 saturated carbocycles. The Balaban J connectivity index is 1.04. The average molecular weight is 623 g/mol. The molecule has 49 heavy (non-hydrogen) atoms. The fraction of sp³-hybridized carbons (Fsp3) is 0.0612. The quantitative estimate of drug-likeness (QED) is 0.171. The van der Waals surface area contributed by atoms with Gasteiger partial charge in [0.1, 0.15) is 0 Å². The Hall–Kier alpha value is -5.98. The summed E-state index contributed by atoms with van der Waals surface area (Å²) in [7, 11) is 0. The Morgan fingerprint density at radius 1 is 0.265 bits per heavy atom. The molecule has 1 aliphatic rings. The lowest BCUT2D eigenvalue weighted by molar-refractivity contribution is 0.663. The highest BCUT2D eigenvalue weighted by Gasteiger charge is 2.35. The van der Waals surface area contributed by atoms with E-state index in [2.05, 4.69) is 184 Å². The standard InChI is InChI=1S/C49H34/c1-49(2)45-29-43(39-19-17-35-23-33(13-15-37(35)25-39)31-9-5-3-6-10-31)27-41-21-22-42-28-44(30-46(49)48(42)47(41)45)40-20-18-36-24-34(14-16-38(36)26-40)32-11-7-4-8-12-32/h3-30H,1-2H3. The van der Waals surface area contributed by atoms with Crippen LogP contribution >= 0.6 is 0 Å². The van der Waals surface area contributed by atoms with E-state index < -0.39 is 0 Å². The molecule has 0 radical (unpaired) electrons. The van der Waals surface area contributed by atoms with Crippen molar-refractivity contribution in [1.82, 2.24) is 0 Å². The van der Waals surface area contributed by atoms with E-state index in [0.717, 1.165) is 0 Å². The molecule has 0 aromatic heterocycles. The van der Waals surface area contributed by atoms with Crippen molar-refractivity contribution in [2.75, 3.05) is 0 Å². The van der Waals surface area contributed by atoms with Gasteiger partial charge in [-0.25, -0.2) is 0 Å². The van der Waals surface area contributed by atoms with Crippen LogP contribution in [0.25, 0.3) is 87.6 Å². The maximum absolute atomic E-state index is 2.46. The summed E-state index contributed by atoms with van der Waals surface area (Å²) in [6.07, 6.45) is 0. The third-order valence-electron chi connectivity index (χ3n) is 10.9. The fourth-order valence-electron chi connectivity index (χ4n) is 8.26. The minimum absolute atomic E-state index is 0.116. The van der Waals surface area contributed by atoms with Crippen LogP contribution in [-0.2, 0) is 5.41 Å². The molecule has 9 aromatic carbocycles. The van der Waals surface area contributed by atoms with Crippen molar-refractivity contribution in [3.8, 4) is 44.5 Å². The van der Waals surface area contributed by atoms with Crippen molar-refractivity contribution in [2.45, 2.75) is 19.3 Å². The van der Waals surface area contributed by atoms with Crippen molar-refractivity contribution in [1.29, 1.82) is 0 Å². The van der Waals surface area contributed by atoms with Crippen molar-refractivity contribution >= 4 is 43.1 Å². The minimum atomic E-state index is -0.116. The normalized spacial score (nSPS) is 13.3. The molecule has 9 aromatic rings. The third kappa shape index (κ3) is 4.45. The van der Waals surface area contributed by atoms with Gasteiger partial charge in [0.05, 0.1) is 0 Å². The Kier molecular flexibility index (Phi) is 6.02. The molecule has 230 valence electrons. The predicted octanol–water partition coefficient (Wildman–Crippen LogP) is 13.6. The second-order valence-corrected chi connectivity index (χ2v) is 14.2. The van der Waals surface area contributed by atoms with Gasteiger partial charge < -0.3 is 0 Å². The first-order valence-corrected chi connectivity index (χ1v) is 17.2. The topological polar surface area (TPSA) is 0 Å². The fourth-order valence-corrected chi connectivity index (χ4v) is 8.26. The SMILES string of the molecule is CC1(C)c2cc(-c3ccc4cc(-c5ccccc5)ccc4c3)cc3ccc4cc(-c5ccc6cc(-c7ccccc7)ccc6c5)cc1c4c23. The summed E-state index contributed by atoms with van der Waals surface area (Å²) in [5, 5.41) is 10.5. The van der Waals surface area contributed by atoms with Gasteiger partial charge in [-0.15, -0.1) is 0 Å². The first kappa shape index (κ1) is 28.1. The van der Waals surface area contributed by atoms with Crippen LogP contribution in [0.2, 0.25) is 0 Å². The van der Waals surface area contributed by atoms with Crippen LogP contribution in [-0.4, -0.2) is 0 Å². The molecule has 0 spiro atoms. The highest BCUT2D eigenvalue weighted by molar-refractivity contribution is 6.16. The third-order valence-corrected chi connectivity index (χ3v) is 10.9. The summed E-state index contributed by atoms with van der Waals surface area (Å²) in [6, 6.07) is 63.1. The molecule has 0 fully saturated rings. The van der Waals surface area contributed by atoms with Gasteiger partial charge in [0, 0.05) is 5.41 Å². The lowest BCUT2D eigenvalue weighted by Crippen LogP contribution is -2.15. The summed E-state index contributed by atoms with van der Waals surface area (Å²) in [5.41, 5.74) is 12.8. The molecule has 0 N–H and O–H groups in total. The van der Waals surface area contributed by atoms with E-state index in [0.29, 0.717) is 0 Å². The maximum atomic E-state index is 2.46. The molecule has 0 saturated heterocycles. The highest BCUT2D eigenvalue weighted by atomic mass is 14.4. The van der Waals surface area contributed by atoms with Crippen molar-refractivity contribution in [3.05, 3.63) is 181 Å². The van der Waals surface area contributed by atoms with Crippen LogP contribution in [0.1, 0.15) is 25.0 Å². The summed E-state index contributed by atoms with van der Waals surface area (Å²) < 4.78 is 0. The molecule has 1 aliphatic carbocycles. The Bertz CT molecular complexity index is 2580. The second-order valence-electron chi connectivity index (χ2n) is 14.2.